The molecule has 0 saturated heterocycles. The number of ether oxygens (including phenoxy) is 3. The largest absolute Gasteiger partial charge is 0.481 e. The highest BCUT2D eigenvalue weighted by Gasteiger charge is 2.26. The number of aliphatic carboxylic acids is 1. The van der Waals surface area contributed by atoms with Crippen LogP contribution in [0.15, 0.2) is 60.8 Å². The van der Waals surface area contributed by atoms with Gasteiger partial charge in [0.2, 0.25) is 0 Å². The molecule has 5 N–H and O–H groups in total. The van der Waals surface area contributed by atoms with Crippen molar-refractivity contribution in [3.63, 3.8) is 0 Å². The lowest BCUT2D eigenvalue weighted by Crippen LogP contribution is -2.33. The molecule has 0 bridgehead atoms. The first-order chi connectivity index (χ1) is 24.7. The third-order valence-electron chi connectivity index (χ3n) is 7.86. The van der Waals surface area contributed by atoms with Crippen LogP contribution in [0, 0.1) is 0 Å². The number of hydrogen-bond donors (Lipinski definition) is 4. The Morgan fingerprint density at radius 1 is 1.02 bits per heavy atom. The number of methoxy groups -OCH3 is 1. The minimum absolute atomic E-state index is 0.0546. The number of hydrogen-bond acceptors (Lipinski definition) is 11. The molecule has 4 rings (SSSR count). The summed E-state index contributed by atoms with van der Waals surface area (Å²) in [5.74, 6) is 0.440. The van der Waals surface area contributed by atoms with Crippen LogP contribution in [0.1, 0.15) is 35.4 Å². The van der Waals surface area contributed by atoms with Crippen LogP contribution in [-0.4, -0.2) is 78.7 Å². The van der Waals surface area contributed by atoms with E-state index in [-0.39, 0.29) is 32.6 Å². The van der Waals surface area contributed by atoms with E-state index in [1.165, 1.54) is 7.11 Å². The van der Waals surface area contributed by atoms with E-state index in [4.69, 9.17) is 24.9 Å². The smallest absolute Gasteiger partial charge is 0.411 e. The Balaban J connectivity index is 1.75. The molecule has 0 fully saturated rings. The average Bonchev–Trinajstić information content (AvgIpc) is 3.51. The number of nitrogens with two attached hydrogens (primary N) is 1. The number of imidazole rings is 1. The summed E-state index contributed by atoms with van der Waals surface area (Å²) >= 11 is 0. The van der Waals surface area contributed by atoms with Crippen LogP contribution in [-0.2, 0) is 45.2 Å². The van der Waals surface area contributed by atoms with Crippen molar-refractivity contribution >= 4 is 43.4 Å². The SMILES string of the molecule is COC(=O)Nc1ccc(-c2cn(COCC[Si](C)(C)C)c([C@H](Cc3cc(N(C)C)nc(CCC(=O)O)n3)NC(=O)OCc3ccccc3)n2)c(N)c1. The fraction of sp³-hybridized carbons (Fsp3) is 0.389. The van der Waals surface area contributed by atoms with Crippen molar-refractivity contribution < 1.29 is 33.7 Å². The van der Waals surface area contributed by atoms with Crippen LogP contribution in [0.4, 0.5) is 26.8 Å². The van der Waals surface area contributed by atoms with Gasteiger partial charge in [-0.05, 0) is 29.8 Å². The first-order valence-corrected chi connectivity index (χ1v) is 20.5. The molecule has 4 aromatic rings. The number of aryl methyl sites for hydroxylation is 1. The minimum atomic E-state index is -1.38. The summed E-state index contributed by atoms with van der Waals surface area (Å²) in [6.45, 7) is 7.55. The standard InChI is InChI=1S/C36H48N8O7Si/c1-43(2)32-20-26(38-31(42-32)14-15-33(45)46)19-29(41-36(48)51-22-24-10-8-7-9-11-24)34-40-30(21-44(34)23-50-16-17-52(4,5)6)27-13-12-25(18-28(27)37)39-35(47)49-3/h7-13,18,20-21,29H,14-17,19,22-23,37H2,1-6H3,(H,39,47)(H,41,48)(H,45,46)/t29-/m0/s1. The van der Waals surface area contributed by atoms with Crippen LogP contribution in [0.2, 0.25) is 25.7 Å². The fourth-order valence-corrected chi connectivity index (χ4v) is 5.81. The Labute approximate surface area is 304 Å². The molecule has 0 radical (unpaired) electrons. The summed E-state index contributed by atoms with van der Waals surface area (Å²) < 4.78 is 18.3. The third-order valence-corrected chi connectivity index (χ3v) is 9.56. The van der Waals surface area contributed by atoms with Crippen LogP contribution in [0.25, 0.3) is 11.3 Å². The van der Waals surface area contributed by atoms with Gasteiger partial charge in [0.25, 0.3) is 0 Å². The second-order valence-electron chi connectivity index (χ2n) is 13.6. The van der Waals surface area contributed by atoms with Crippen LogP contribution in [0.5, 0.6) is 0 Å². The molecule has 278 valence electrons. The maximum atomic E-state index is 13.4. The molecule has 0 saturated carbocycles. The van der Waals surface area contributed by atoms with Crippen molar-refractivity contribution in [1.29, 1.82) is 0 Å². The van der Waals surface area contributed by atoms with E-state index >= 15 is 0 Å². The normalized spacial score (nSPS) is 11.8. The predicted molar refractivity (Wildman–Crippen MR) is 201 cm³/mol. The van der Waals surface area contributed by atoms with Crippen LogP contribution < -0.4 is 21.3 Å². The van der Waals surface area contributed by atoms with Gasteiger partial charge in [-0.25, -0.2) is 24.5 Å². The van der Waals surface area contributed by atoms with Gasteiger partial charge in [0.05, 0.1) is 25.3 Å². The number of alkyl carbamates (subject to hydrolysis) is 1. The summed E-state index contributed by atoms with van der Waals surface area (Å²) in [5, 5.41) is 14.9. The Hall–Kier alpha value is -5.48. The lowest BCUT2D eigenvalue weighted by Gasteiger charge is -2.21. The first-order valence-electron chi connectivity index (χ1n) is 16.8. The van der Waals surface area contributed by atoms with Gasteiger partial charge in [-0.15, -0.1) is 0 Å². The lowest BCUT2D eigenvalue weighted by molar-refractivity contribution is -0.137. The molecule has 1 atom stereocenters. The van der Waals surface area contributed by atoms with Gasteiger partial charge in [-0.3, -0.25) is 10.1 Å². The van der Waals surface area contributed by atoms with Crippen molar-refractivity contribution in [3.05, 3.63) is 83.7 Å². The lowest BCUT2D eigenvalue weighted by atomic mass is 10.1. The van der Waals surface area contributed by atoms with E-state index in [0.29, 0.717) is 52.4 Å². The summed E-state index contributed by atoms with van der Waals surface area (Å²) in [6.07, 6.45) is 0.654. The topological polar surface area (TPSA) is 196 Å². The molecular weight excluding hydrogens is 685 g/mol. The van der Waals surface area contributed by atoms with Crippen LogP contribution >= 0.6 is 0 Å². The predicted octanol–water partition coefficient (Wildman–Crippen LogP) is 5.71. The van der Waals surface area contributed by atoms with E-state index in [9.17, 15) is 19.5 Å². The molecule has 2 heterocycles. The van der Waals surface area contributed by atoms with Gasteiger partial charge < -0.3 is 39.8 Å². The van der Waals surface area contributed by atoms with E-state index in [2.05, 4.69) is 40.2 Å². The third kappa shape index (κ3) is 12.1. The number of carboxylic acid groups (broad SMARTS) is 1. The van der Waals surface area contributed by atoms with Crippen molar-refractivity contribution in [3.8, 4) is 11.3 Å². The molecule has 0 aliphatic carbocycles. The second-order valence-corrected chi connectivity index (χ2v) is 19.2. The Morgan fingerprint density at radius 3 is 2.42 bits per heavy atom. The number of nitrogen functional groups attached to an aromatic ring is 1. The zero-order chi connectivity index (χ0) is 37.8. The molecule has 0 spiro atoms. The number of carbonyl (C=O) groups excluding carboxylic acids is 2. The van der Waals surface area contributed by atoms with Gasteiger partial charge in [-0.2, -0.15) is 0 Å². The quantitative estimate of drug-likeness (QED) is 0.0588. The zero-order valence-corrected chi connectivity index (χ0v) is 31.5. The molecule has 15 nitrogen and oxygen atoms in total. The monoisotopic (exact) mass is 732 g/mol. The van der Waals surface area contributed by atoms with Crippen molar-refractivity contribution in [2.45, 2.75) is 64.3 Å². The van der Waals surface area contributed by atoms with Crippen molar-refractivity contribution in [2.75, 3.05) is 43.8 Å². The molecule has 16 heteroatoms. The highest BCUT2D eigenvalue weighted by molar-refractivity contribution is 6.76. The van der Waals surface area contributed by atoms with Crippen LogP contribution in [0.3, 0.4) is 0 Å². The number of nitrogens with zero attached hydrogens (tertiary/aromatic N) is 5. The summed E-state index contributed by atoms with van der Waals surface area (Å²) in [6, 6.07) is 16.3. The zero-order valence-electron chi connectivity index (χ0n) is 30.5. The fourth-order valence-electron chi connectivity index (χ4n) is 5.05. The number of amides is 2. The maximum absolute atomic E-state index is 13.4. The second kappa shape index (κ2) is 18.1. The van der Waals surface area contributed by atoms with E-state index < -0.39 is 32.3 Å². The molecule has 2 amide bonds. The van der Waals surface area contributed by atoms with E-state index in [0.717, 1.165) is 11.6 Å². The number of anilines is 3. The number of carbonyl (C=O) groups is 3. The van der Waals surface area contributed by atoms with Gasteiger partial charge >= 0.3 is 18.2 Å². The van der Waals surface area contributed by atoms with Gasteiger partial charge in [0, 0.05) is 76.5 Å². The van der Waals surface area contributed by atoms with Gasteiger partial charge in [0.15, 0.2) is 0 Å². The Morgan fingerprint density at radius 2 is 1.77 bits per heavy atom. The number of benzene rings is 2. The molecule has 0 unspecified atom stereocenters. The Kier molecular flexibility index (Phi) is 13.7. The van der Waals surface area contributed by atoms with E-state index in [1.807, 2.05) is 49.0 Å². The van der Waals surface area contributed by atoms with E-state index in [1.54, 1.807) is 35.4 Å². The maximum Gasteiger partial charge on any atom is 0.411 e. The first kappa shape index (κ1) is 39.3. The number of carboxylic acids is 1. The summed E-state index contributed by atoms with van der Waals surface area (Å²) in [4.78, 5) is 52.6. The molecule has 52 heavy (non-hydrogen) atoms. The number of rotatable bonds is 17. The molecule has 2 aromatic heterocycles. The highest BCUT2D eigenvalue weighted by atomic mass is 28.3. The summed E-state index contributed by atoms with van der Waals surface area (Å²) in [5.41, 5.74) is 9.75. The van der Waals surface area contributed by atoms with Gasteiger partial charge in [0.1, 0.15) is 30.8 Å². The summed E-state index contributed by atoms with van der Waals surface area (Å²) in [7, 11) is 3.55. The molecule has 0 aliphatic heterocycles. The average molecular weight is 733 g/mol. The number of nitrogens with one attached hydrogen (secondary N) is 2. The molecule has 2 aromatic carbocycles. The number of aromatic nitrogens is 4. The molecule has 0 aliphatic rings. The van der Waals surface area contributed by atoms with Crippen molar-refractivity contribution in [2.24, 2.45) is 0 Å². The molecular formula is C36H48N8O7Si. The Bertz CT molecular complexity index is 1830. The highest BCUT2D eigenvalue weighted by Crippen LogP contribution is 2.31. The van der Waals surface area contributed by atoms with Gasteiger partial charge in [-0.1, -0.05) is 50.0 Å². The minimum Gasteiger partial charge on any atom is -0.481 e. The van der Waals surface area contributed by atoms with Crippen molar-refractivity contribution in [1.82, 2.24) is 24.8 Å².